The molecule has 2 aliphatic rings. The Morgan fingerprint density at radius 2 is 2.20 bits per heavy atom. The molecule has 2 fully saturated rings. The fourth-order valence-electron chi connectivity index (χ4n) is 3.74. The van der Waals surface area contributed by atoms with E-state index in [1.54, 1.807) is 0 Å². The highest BCUT2D eigenvalue weighted by atomic mass is 15.3. The van der Waals surface area contributed by atoms with Crippen molar-refractivity contribution in [1.29, 1.82) is 0 Å². The van der Waals surface area contributed by atoms with E-state index < -0.39 is 0 Å². The summed E-state index contributed by atoms with van der Waals surface area (Å²) in [5.41, 5.74) is 8.15. The zero-order valence-corrected chi connectivity index (χ0v) is 12.7. The number of hydrogen-bond acceptors (Lipinski definition) is 4. The van der Waals surface area contributed by atoms with Crippen molar-refractivity contribution in [3.05, 3.63) is 5.69 Å². The molecule has 0 spiro atoms. The number of aromatic nitrogens is 2. The third kappa shape index (κ3) is 2.51. The van der Waals surface area contributed by atoms with Gasteiger partial charge in [0.25, 0.3) is 0 Å². The lowest BCUT2D eigenvalue weighted by molar-refractivity contribution is 0.188. The van der Waals surface area contributed by atoms with Gasteiger partial charge in [-0.1, -0.05) is 13.3 Å². The molecule has 0 saturated carbocycles. The minimum absolute atomic E-state index is 0.543. The predicted octanol–water partition coefficient (Wildman–Crippen LogP) is 1.99. The molecule has 2 saturated heterocycles. The van der Waals surface area contributed by atoms with Gasteiger partial charge in [0.15, 0.2) is 0 Å². The monoisotopic (exact) mass is 277 g/mol. The normalized spacial score (nSPS) is 26.7. The van der Waals surface area contributed by atoms with Crippen LogP contribution in [-0.4, -0.2) is 39.9 Å². The maximum Gasteiger partial charge on any atom is 0.147 e. The number of anilines is 2. The maximum atomic E-state index is 6.26. The van der Waals surface area contributed by atoms with Crippen molar-refractivity contribution in [3.63, 3.8) is 0 Å². The molecule has 1 aromatic heterocycles. The molecule has 112 valence electrons. The topological polar surface area (TPSA) is 59.1 Å². The molecular formula is C15H27N5. The summed E-state index contributed by atoms with van der Waals surface area (Å²) in [4.78, 5) is 2.65. The van der Waals surface area contributed by atoms with Crippen LogP contribution >= 0.6 is 0 Å². The Morgan fingerprint density at radius 1 is 1.35 bits per heavy atom. The van der Waals surface area contributed by atoms with E-state index in [4.69, 9.17) is 5.73 Å². The van der Waals surface area contributed by atoms with E-state index in [1.807, 2.05) is 11.7 Å². The average Bonchev–Trinajstić information content (AvgIpc) is 2.99. The Balaban J connectivity index is 1.68. The molecule has 2 atom stereocenters. The van der Waals surface area contributed by atoms with Crippen LogP contribution in [0.2, 0.25) is 0 Å². The van der Waals surface area contributed by atoms with E-state index in [1.165, 1.54) is 38.8 Å². The summed E-state index contributed by atoms with van der Waals surface area (Å²) < 4.78 is 1.92. The number of nitrogens with two attached hydrogens (primary N) is 1. The minimum atomic E-state index is 0.543. The third-order valence-electron chi connectivity index (χ3n) is 4.81. The Bertz CT molecular complexity index is 467. The molecule has 0 amide bonds. The molecule has 5 heteroatoms. The van der Waals surface area contributed by atoms with Crippen LogP contribution in [0.5, 0.6) is 0 Å². The van der Waals surface area contributed by atoms with E-state index in [0.717, 1.165) is 36.1 Å². The van der Waals surface area contributed by atoms with Gasteiger partial charge in [0.2, 0.25) is 0 Å². The highest BCUT2D eigenvalue weighted by Crippen LogP contribution is 2.30. The second-order valence-corrected chi connectivity index (χ2v) is 6.28. The quantitative estimate of drug-likeness (QED) is 0.883. The standard InChI is InChI=1S/C15H27N5/c1-3-5-13-14(16)15(19(2)18-13)17-11-7-9-20-8-4-6-12(20)10-11/h11-12,17H,3-10,16H2,1-2H3. The van der Waals surface area contributed by atoms with Crippen molar-refractivity contribution in [2.24, 2.45) is 7.05 Å². The summed E-state index contributed by atoms with van der Waals surface area (Å²) in [7, 11) is 1.99. The lowest BCUT2D eigenvalue weighted by Gasteiger charge is -2.35. The molecule has 3 N–H and O–H groups in total. The summed E-state index contributed by atoms with van der Waals surface area (Å²) in [6, 6.07) is 1.33. The molecule has 3 heterocycles. The van der Waals surface area contributed by atoms with E-state index in [0.29, 0.717) is 6.04 Å². The largest absolute Gasteiger partial charge is 0.394 e. The van der Waals surface area contributed by atoms with Crippen LogP contribution in [0.4, 0.5) is 11.5 Å². The smallest absolute Gasteiger partial charge is 0.147 e. The van der Waals surface area contributed by atoms with E-state index in [-0.39, 0.29) is 0 Å². The fraction of sp³-hybridized carbons (Fsp3) is 0.800. The minimum Gasteiger partial charge on any atom is -0.394 e. The van der Waals surface area contributed by atoms with Gasteiger partial charge in [-0.25, -0.2) is 0 Å². The van der Waals surface area contributed by atoms with Gasteiger partial charge in [0, 0.05) is 25.7 Å². The lowest BCUT2D eigenvalue weighted by Crippen LogP contribution is -2.43. The first kappa shape index (κ1) is 13.7. The zero-order valence-electron chi connectivity index (χ0n) is 12.7. The van der Waals surface area contributed by atoms with Crippen LogP contribution in [-0.2, 0) is 13.5 Å². The Kier molecular flexibility index (Phi) is 3.87. The van der Waals surface area contributed by atoms with Gasteiger partial charge in [-0.2, -0.15) is 5.10 Å². The molecular weight excluding hydrogens is 250 g/mol. The number of hydrogen-bond donors (Lipinski definition) is 2. The second-order valence-electron chi connectivity index (χ2n) is 6.28. The van der Waals surface area contributed by atoms with Gasteiger partial charge >= 0.3 is 0 Å². The van der Waals surface area contributed by atoms with Crippen LogP contribution in [0.3, 0.4) is 0 Å². The lowest BCUT2D eigenvalue weighted by atomic mass is 9.97. The van der Waals surface area contributed by atoms with Crippen molar-refractivity contribution in [2.75, 3.05) is 24.1 Å². The number of fused-ring (bicyclic) bond motifs is 1. The van der Waals surface area contributed by atoms with Crippen molar-refractivity contribution in [3.8, 4) is 0 Å². The van der Waals surface area contributed by atoms with Crippen molar-refractivity contribution >= 4 is 11.5 Å². The van der Waals surface area contributed by atoms with Gasteiger partial charge in [-0.15, -0.1) is 0 Å². The number of nitrogen functional groups attached to an aromatic ring is 1. The Morgan fingerprint density at radius 3 is 3.00 bits per heavy atom. The highest BCUT2D eigenvalue weighted by Gasteiger charge is 2.32. The van der Waals surface area contributed by atoms with Gasteiger partial charge in [0.1, 0.15) is 5.82 Å². The number of nitrogens with zero attached hydrogens (tertiary/aromatic N) is 3. The van der Waals surface area contributed by atoms with Crippen LogP contribution in [0.25, 0.3) is 0 Å². The van der Waals surface area contributed by atoms with E-state index in [9.17, 15) is 0 Å². The average molecular weight is 277 g/mol. The molecule has 2 aliphatic heterocycles. The molecule has 2 unspecified atom stereocenters. The summed E-state index contributed by atoms with van der Waals surface area (Å²) in [6.07, 6.45) is 7.23. The van der Waals surface area contributed by atoms with Gasteiger partial charge < -0.3 is 16.0 Å². The van der Waals surface area contributed by atoms with E-state index in [2.05, 4.69) is 22.2 Å². The molecule has 0 aromatic carbocycles. The summed E-state index contributed by atoms with van der Waals surface area (Å²) in [5.74, 6) is 1.02. The third-order valence-corrected chi connectivity index (χ3v) is 4.81. The highest BCUT2D eigenvalue weighted by molar-refractivity contribution is 5.65. The summed E-state index contributed by atoms with van der Waals surface area (Å²) >= 11 is 0. The molecule has 0 aliphatic carbocycles. The molecule has 0 radical (unpaired) electrons. The first-order valence-electron chi connectivity index (χ1n) is 8.01. The number of aryl methyl sites for hydroxylation is 2. The van der Waals surface area contributed by atoms with Gasteiger partial charge in [-0.3, -0.25) is 4.68 Å². The number of rotatable bonds is 4. The van der Waals surface area contributed by atoms with Crippen LogP contribution in [0.15, 0.2) is 0 Å². The molecule has 20 heavy (non-hydrogen) atoms. The summed E-state index contributed by atoms with van der Waals surface area (Å²) in [6.45, 7) is 4.69. The summed E-state index contributed by atoms with van der Waals surface area (Å²) in [5, 5.41) is 8.21. The van der Waals surface area contributed by atoms with Gasteiger partial charge in [-0.05, 0) is 38.6 Å². The molecule has 3 rings (SSSR count). The van der Waals surface area contributed by atoms with E-state index >= 15 is 0 Å². The maximum absolute atomic E-state index is 6.26. The first-order valence-corrected chi connectivity index (χ1v) is 8.01. The van der Waals surface area contributed by atoms with Gasteiger partial charge in [0.05, 0.1) is 11.4 Å². The van der Waals surface area contributed by atoms with Crippen molar-refractivity contribution in [1.82, 2.24) is 14.7 Å². The second kappa shape index (κ2) is 5.64. The molecule has 5 nitrogen and oxygen atoms in total. The first-order chi connectivity index (χ1) is 9.69. The zero-order chi connectivity index (χ0) is 14.1. The number of nitrogens with one attached hydrogen (secondary N) is 1. The van der Waals surface area contributed by atoms with Crippen LogP contribution < -0.4 is 11.1 Å². The number of piperidine rings is 1. The molecule has 0 bridgehead atoms. The fourth-order valence-corrected chi connectivity index (χ4v) is 3.74. The van der Waals surface area contributed by atoms with Crippen molar-refractivity contribution < 1.29 is 0 Å². The Hall–Kier alpha value is -1.23. The Labute approximate surface area is 121 Å². The SMILES string of the molecule is CCCc1nn(C)c(NC2CCN3CCCC3C2)c1N. The van der Waals surface area contributed by atoms with Crippen LogP contribution in [0.1, 0.15) is 44.7 Å². The molecule has 1 aromatic rings. The van der Waals surface area contributed by atoms with Crippen molar-refractivity contribution in [2.45, 2.75) is 57.5 Å². The van der Waals surface area contributed by atoms with Crippen LogP contribution in [0, 0.1) is 0 Å². The predicted molar refractivity (Wildman–Crippen MR) is 82.9 cm³/mol.